The predicted octanol–water partition coefficient (Wildman–Crippen LogP) is 3.16. The Morgan fingerprint density at radius 1 is 1.32 bits per heavy atom. The summed E-state index contributed by atoms with van der Waals surface area (Å²) in [7, 11) is 0. The molecule has 3 rings (SSSR count). The van der Waals surface area contributed by atoms with E-state index in [0.717, 1.165) is 22.5 Å². The third kappa shape index (κ3) is 3.28. The van der Waals surface area contributed by atoms with Crippen molar-refractivity contribution in [2.45, 2.75) is 19.9 Å². The van der Waals surface area contributed by atoms with Crippen LogP contribution in [0.25, 0.3) is 5.65 Å². The van der Waals surface area contributed by atoms with Gasteiger partial charge in [-0.1, -0.05) is 29.8 Å². The summed E-state index contributed by atoms with van der Waals surface area (Å²) in [6.45, 7) is 2.44. The molecular weight excluding hydrogens is 298 g/mol. The van der Waals surface area contributed by atoms with Gasteiger partial charge in [0.2, 0.25) is 5.91 Å². The Balaban J connectivity index is 1.64. The monoisotopic (exact) mass is 313 g/mol. The molecule has 0 radical (unpaired) electrons. The first-order valence-corrected chi connectivity index (χ1v) is 7.44. The summed E-state index contributed by atoms with van der Waals surface area (Å²) < 4.78 is 1.92. The minimum absolute atomic E-state index is 0.0694. The van der Waals surface area contributed by atoms with Crippen molar-refractivity contribution >= 4 is 23.2 Å². The van der Waals surface area contributed by atoms with Crippen LogP contribution in [0.2, 0.25) is 5.02 Å². The molecule has 0 aliphatic carbocycles. The minimum atomic E-state index is -0.0694. The van der Waals surface area contributed by atoms with Crippen molar-refractivity contribution < 1.29 is 4.79 Å². The highest BCUT2D eigenvalue weighted by atomic mass is 35.5. The van der Waals surface area contributed by atoms with Gasteiger partial charge in [-0.2, -0.15) is 0 Å². The van der Waals surface area contributed by atoms with E-state index in [2.05, 4.69) is 10.3 Å². The predicted molar refractivity (Wildman–Crippen MR) is 86.9 cm³/mol. The number of aromatic nitrogens is 2. The van der Waals surface area contributed by atoms with Crippen molar-refractivity contribution in [2.24, 2.45) is 0 Å². The molecule has 4 nitrogen and oxygen atoms in total. The number of fused-ring (bicyclic) bond motifs is 1. The van der Waals surface area contributed by atoms with Crippen LogP contribution in [0.15, 0.2) is 48.8 Å². The average molecular weight is 314 g/mol. The van der Waals surface area contributed by atoms with Gasteiger partial charge in [-0.05, 0) is 36.2 Å². The quantitative estimate of drug-likeness (QED) is 0.804. The molecule has 0 aliphatic heterocycles. The molecule has 2 heterocycles. The van der Waals surface area contributed by atoms with Crippen molar-refractivity contribution in [3.8, 4) is 0 Å². The number of carbonyl (C=O) groups excluding carboxylic acids is 1. The van der Waals surface area contributed by atoms with Gasteiger partial charge < -0.3 is 9.72 Å². The number of amides is 1. The number of aryl methyl sites for hydroxylation is 1. The first kappa shape index (κ1) is 14.6. The van der Waals surface area contributed by atoms with Crippen LogP contribution < -0.4 is 5.32 Å². The number of pyridine rings is 1. The van der Waals surface area contributed by atoms with Crippen LogP contribution in [-0.4, -0.2) is 15.3 Å². The van der Waals surface area contributed by atoms with E-state index in [1.165, 1.54) is 0 Å². The molecule has 112 valence electrons. The number of nitrogens with one attached hydrogen (secondary N) is 1. The molecule has 0 saturated heterocycles. The molecule has 1 N–H and O–H groups in total. The maximum atomic E-state index is 12.0. The Hall–Kier alpha value is -2.33. The van der Waals surface area contributed by atoms with Gasteiger partial charge in [-0.15, -0.1) is 0 Å². The maximum absolute atomic E-state index is 12.0. The summed E-state index contributed by atoms with van der Waals surface area (Å²) in [5, 5.41) is 3.53. The lowest BCUT2D eigenvalue weighted by atomic mass is 10.2. The minimum Gasteiger partial charge on any atom is -0.352 e. The van der Waals surface area contributed by atoms with E-state index < -0.39 is 0 Å². The molecule has 1 aromatic carbocycles. The maximum Gasteiger partial charge on any atom is 0.226 e. The molecule has 0 bridgehead atoms. The fourth-order valence-corrected chi connectivity index (χ4v) is 2.49. The second-order valence-electron chi connectivity index (χ2n) is 5.25. The highest BCUT2D eigenvalue weighted by molar-refractivity contribution is 6.31. The lowest BCUT2D eigenvalue weighted by Crippen LogP contribution is -2.24. The zero-order valence-corrected chi connectivity index (χ0v) is 13.0. The molecule has 0 aliphatic rings. The van der Waals surface area contributed by atoms with E-state index in [0.29, 0.717) is 11.6 Å². The number of imidazole rings is 1. The van der Waals surface area contributed by atoms with Crippen LogP contribution in [0.5, 0.6) is 0 Å². The van der Waals surface area contributed by atoms with Crippen molar-refractivity contribution in [2.75, 3.05) is 0 Å². The Kier molecular flexibility index (Phi) is 4.11. The Labute approximate surface area is 133 Å². The van der Waals surface area contributed by atoms with Gasteiger partial charge in [0.25, 0.3) is 0 Å². The fraction of sp³-hybridized carbons (Fsp3) is 0.176. The van der Waals surface area contributed by atoms with Gasteiger partial charge in [0.05, 0.1) is 12.1 Å². The third-order valence-electron chi connectivity index (χ3n) is 3.44. The van der Waals surface area contributed by atoms with Gasteiger partial charge in [-0.25, -0.2) is 4.98 Å². The molecule has 5 heteroatoms. The summed E-state index contributed by atoms with van der Waals surface area (Å²) in [5.41, 5.74) is 3.66. The van der Waals surface area contributed by atoms with E-state index in [1.54, 1.807) is 0 Å². The standard InChI is InChI=1S/C17H16ClN3O/c1-12-6-7-21-11-14(20-16(21)8-12)9-17(22)19-10-13-4-2-3-5-15(13)18/h2-8,11H,9-10H2,1H3,(H,19,22). The number of hydrogen-bond donors (Lipinski definition) is 1. The molecule has 1 amide bonds. The van der Waals surface area contributed by atoms with E-state index in [-0.39, 0.29) is 12.3 Å². The molecule has 0 unspecified atom stereocenters. The largest absolute Gasteiger partial charge is 0.352 e. The van der Waals surface area contributed by atoms with Gasteiger partial charge in [-0.3, -0.25) is 4.79 Å². The number of nitrogens with zero attached hydrogens (tertiary/aromatic N) is 2. The van der Waals surface area contributed by atoms with Gasteiger partial charge >= 0.3 is 0 Å². The first-order chi connectivity index (χ1) is 10.6. The molecule has 0 saturated carbocycles. The van der Waals surface area contributed by atoms with Gasteiger partial charge in [0.15, 0.2) is 0 Å². The molecule has 0 fully saturated rings. The summed E-state index contributed by atoms with van der Waals surface area (Å²) >= 11 is 6.07. The second-order valence-corrected chi connectivity index (χ2v) is 5.65. The molecule has 22 heavy (non-hydrogen) atoms. The van der Waals surface area contributed by atoms with Crippen LogP contribution >= 0.6 is 11.6 Å². The van der Waals surface area contributed by atoms with Crippen LogP contribution in [0, 0.1) is 6.92 Å². The number of halogens is 1. The van der Waals surface area contributed by atoms with Crippen LogP contribution in [0.3, 0.4) is 0 Å². The number of carbonyl (C=O) groups is 1. The van der Waals surface area contributed by atoms with Gasteiger partial charge in [0.1, 0.15) is 5.65 Å². The van der Waals surface area contributed by atoms with Gasteiger partial charge in [0, 0.05) is 24.0 Å². The molecule has 3 aromatic rings. The highest BCUT2D eigenvalue weighted by Gasteiger charge is 2.08. The second kappa shape index (κ2) is 6.20. The zero-order chi connectivity index (χ0) is 15.5. The normalized spacial score (nSPS) is 10.8. The average Bonchev–Trinajstić information content (AvgIpc) is 2.87. The lowest BCUT2D eigenvalue weighted by Gasteiger charge is -2.05. The molecule has 0 spiro atoms. The van der Waals surface area contributed by atoms with Crippen molar-refractivity contribution in [1.29, 1.82) is 0 Å². The molecular formula is C17H16ClN3O. The Bertz CT molecular complexity index is 826. The van der Waals surface area contributed by atoms with Crippen molar-refractivity contribution in [1.82, 2.24) is 14.7 Å². The number of hydrogen-bond acceptors (Lipinski definition) is 2. The van der Waals surface area contributed by atoms with E-state index in [4.69, 9.17) is 11.6 Å². The van der Waals surface area contributed by atoms with Crippen molar-refractivity contribution in [3.05, 3.63) is 70.6 Å². The zero-order valence-electron chi connectivity index (χ0n) is 12.2. The van der Waals surface area contributed by atoms with Crippen LogP contribution in [0.4, 0.5) is 0 Å². The summed E-state index contributed by atoms with van der Waals surface area (Å²) in [4.78, 5) is 16.5. The summed E-state index contributed by atoms with van der Waals surface area (Å²) in [6, 6.07) is 11.5. The fourth-order valence-electron chi connectivity index (χ4n) is 2.28. The lowest BCUT2D eigenvalue weighted by molar-refractivity contribution is -0.120. The topological polar surface area (TPSA) is 46.4 Å². The van der Waals surface area contributed by atoms with Crippen LogP contribution in [-0.2, 0) is 17.8 Å². The summed E-state index contributed by atoms with van der Waals surface area (Å²) in [5.74, 6) is -0.0694. The van der Waals surface area contributed by atoms with Crippen molar-refractivity contribution in [3.63, 3.8) is 0 Å². The number of rotatable bonds is 4. The summed E-state index contributed by atoms with van der Waals surface area (Å²) in [6.07, 6.45) is 4.08. The Morgan fingerprint density at radius 2 is 2.14 bits per heavy atom. The third-order valence-corrected chi connectivity index (χ3v) is 3.81. The smallest absolute Gasteiger partial charge is 0.226 e. The molecule has 0 atom stereocenters. The van der Waals surface area contributed by atoms with E-state index in [9.17, 15) is 4.79 Å². The highest BCUT2D eigenvalue weighted by Crippen LogP contribution is 2.14. The van der Waals surface area contributed by atoms with E-state index in [1.807, 2.05) is 60.1 Å². The SMILES string of the molecule is Cc1ccn2cc(CC(=O)NCc3ccccc3Cl)nc2c1. The number of benzene rings is 1. The van der Waals surface area contributed by atoms with Crippen LogP contribution in [0.1, 0.15) is 16.8 Å². The Morgan fingerprint density at radius 3 is 2.95 bits per heavy atom. The first-order valence-electron chi connectivity index (χ1n) is 7.06. The van der Waals surface area contributed by atoms with E-state index >= 15 is 0 Å². The molecule has 2 aromatic heterocycles.